The van der Waals surface area contributed by atoms with Gasteiger partial charge in [0.25, 0.3) is 5.91 Å². The molecule has 1 aliphatic heterocycles. The van der Waals surface area contributed by atoms with Crippen LogP contribution < -0.4 is 4.72 Å². The minimum absolute atomic E-state index is 0.125. The van der Waals surface area contributed by atoms with Crippen LogP contribution >= 0.6 is 0 Å². The molecule has 128 valence electrons. The Morgan fingerprint density at radius 1 is 1.30 bits per heavy atom. The lowest BCUT2D eigenvalue weighted by atomic mass is 10.1. The molecule has 1 fully saturated rings. The third-order valence-electron chi connectivity index (χ3n) is 3.70. The predicted octanol–water partition coefficient (Wildman–Crippen LogP) is 1.48. The Balaban J connectivity index is 2.10. The third kappa shape index (κ3) is 5.02. The van der Waals surface area contributed by atoms with Crippen molar-refractivity contribution in [3.05, 3.63) is 29.8 Å². The molecule has 23 heavy (non-hydrogen) atoms. The van der Waals surface area contributed by atoms with E-state index in [1.54, 1.807) is 17.0 Å². The lowest BCUT2D eigenvalue weighted by molar-refractivity contribution is 0.0302. The molecule has 0 radical (unpaired) electrons. The maximum absolute atomic E-state index is 12.4. The van der Waals surface area contributed by atoms with Crippen LogP contribution in [0.4, 0.5) is 0 Å². The quantitative estimate of drug-likeness (QED) is 0.851. The molecule has 1 aromatic carbocycles. The molecule has 1 aromatic rings. The zero-order valence-corrected chi connectivity index (χ0v) is 14.4. The number of morpholine rings is 1. The molecule has 2 rings (SSSR count). The van der Waals surface area contributed by atoms with Crippen molar-refractivity contribution in [2.24, 2.45) is 5.92 Å². The van der Waals surface area contributed by atoms with E-state index in [2.05, 4.69) is 4.72 Å². The minimum atomic E-state index is -3.59. The first-order valence-electron chi connectivity index (χ1n) is 7.87. The number of rotatable bonds is 6. The van der Waals surface area contributed by atoms with Crippen molar-refractivity contribution in [1.29, 1.82) is 0 Å². The van der Waals surface area contributed by atoms with Gasteiger partial charge in [0.15, 0.2) is 0 Å². The van der Waals surface area contributed by atoms with Crippen LogP contribution in [-0.2, 0) is 14.8 Å². The Labute approximate surface area is 137 Å². The fourth-order valence-corrected chi connectivity index (χ4v) is 3.40. The molecule has 6 nitrogen and oxygen atoms in total. The topological polar surface area (TPSA) is 75.7 Å². The Bertz CT molecular complexity index is 637. The Kier molecular flexibility index (Phi) is 6.15. The standard InChI is InChI=1S/C16H24N2O4S/c1-13(2)6-7-17-23(20,21)15-5-3-4-14(12-15)16(19)18-8-10-22-11-9-18/h3-5,12-13,17H,6-11H2,1-2H3. The van der Waals surface area contributed by atoms with Gasteiger partial charge in [-0.1, -0.05) is 19.9 Å². The van der Waals surface area contributed by atoms with Crippen molar-refractivity contribution in [1.82, 2.24) is 9.62 Å². The summed E-state index contributed by atoms with van der Waals surface area (Å²) in [5.41, 5.74) is 0.388. The summed E-state index contributed by atoms with van der Waals surface area (Å²) in [6.07, 6.45) is 0.769. The number of nitrogens with zero attached hydrogens (tertiary/aromatic N) is 1. The molecule has 0 saturated carbocycles. The number of sulfonamides is 1. The third-order valence-corrected chi connectivity index (χ3v) is 5.16. The summed E-state index contributed by atoms with van der Waals surface area (Å²) in [4.78, 5) is 14.2. The molecule has 0 aromatic heterocycles. The summed E-state index contributed by atoms with van der Waals surface area (Å²) in [7, 11) is -3.59. The summed E-state index contributed by atoms with van der Waals surface area (Å²) in [6.45, 7) is 6.55. The smallest absolute Gasteiger partial charge is 0.254 e. The van der Waals surface area contributed by atoms with Crippen LogP contribution in [0, 0.1) is 5.92 Å². The van der Waals surface area contributed by atoms with Crippen LogP contribution in [0.15, 0.2) is 29.2 Å². The maximum atomic E-state index is 12.4. The molecule has 1 amide bonds. The summed E-state index contributed by atoms with van der Waals surface area (Å²) in [5.74, 6) is 0.263. The lowest BCUT2D eigenvalue weighted by Gasteiger charge is -2.27. The van der Waals surface area contributed by atoms with E-state index in [0.717, 1.165) is 6.42 Å². The molecule has 0 atom stereocenters. The second-order valence-corrected chi connectivity index (χ2v) is 7.78. The van der Waals surface area contributed by atoms with Crippen molar-refractivity contribution in [3.8, 4) is 0 Å². The second kappa shape index (κ2) is 7.90. The fourth-order valence-electron chi connectivity index (χ4n) is 2.31. The van der Waals surface area contributed by atoms with E-state index in [1.165, 1.54) is 12.1 Å². The van der Waals surface area contributed by atoms with Crippen LogP contribution in [0.5, 0.6) is 0 Å². The van der Waals surface area contributed by atoms with Gasteiger partial charge in [-0.05, 0) is 30.5 Å². The van der Waals surface area contributed by atoms with Crippen LogP contribution in [0.25, 0.3) is 0 Å². The lowest BCUT2D eigenvalue weighted by Crippen LogP contribution is -2.40. The Hall–Kier alpha value is -1.44. The predicted molar refractivity (Wildman–Crippen MR) is 87.8 cm³/mol. The molecule has 0 bridgehead atoms. The fraction of sp³-hybridized carbons (Fsp3) is 0.562. The van der Waals surface area contributed by atoms with Crippen molar-refractivity contribution < 1.29 is 17.9 Å². The molecule has 0 aliphatic carbocycles. The van der Waals surface area contributed by atoms with Gasteiger partial charge in [0.2, 0.25) is 10.0 Å². The zero-order chi connectivity index (χ0) is 16.9. The van der Waals surface area contributed by atoms with E-state index >= 15 is 0 Å². The summed E-state index contributed by atoms with van der Waals surface area (Å²) >= 11 is 0. The number of benzene rings is 1. The zero-order valence-electron chi connectivity index (χ0n) is 13.6. The number of hydrogen-bond acceptors (Lipinski definition) is 4. The molecule has 1 aliphatic rings. The van der Waals surface area contributed by atoms with Gasteiger partial charge in [0.05, 0.1) is 18.1 Å². The molecule has 1 N–H and O–H groups in total. The van der Waals surface area contributed by atoms with Gasteiger partial charge in [-0.3, -0.25) is 4.79 Å². The van der Waals surface area contributed by atoms with Gasteiger partial charge in [0.1, 0.15) is 0 Å². The van der Waals surface area contributed by atoms with Crippen LogP contribution in [0.1, 0.15) is 30.6 Å². The van der Waals surface area contributed by atoms with E-state index in [1.807, 2.05) is 13.8 Å². The number of ether oxygens (including phenoxy) is 1. The van der Waals surface area contributed by atoms with E-state index < -0.39 is 10.0 Å². The Morgan fingerprint density at radius 3 is 2.65 bits per heavy atom. The summed E-state index contributed by atoms with van der Waals surface area (Å²) in [5, 5.41) is 0. The van der Waals surface area contributed by atoms with Crippen LogP contribution in [0.2, 0.25) is 0 Å². The summed E-state index contributed by atoms with van der Waals surface area (Å²) < 4.78 is 32.4. The number of carbonyl (C=O) groups excluding carboxylic acids is 1. The Morgan fingerprint density at radius 2 is 2.00 bits per heavy atom. The SMILES string of the molecule is CC(C)CCNS(=O)(=O)c1cccc(C(=O)N2CCOCC2)c1. The number of amides is 1. The normalized spacial score (nSPS) is 15.9. The van der Waals surface area contributed by atoms with Gasteiger partial charge in [0, 0.05) is 25.2 Å². The van der Waals surface area contributed by atoms with Crippen molar-refractivity contribution in [3.63, 3.8) is 0 Å². The second-order valence-electron chi connectivity index (χ2n) is 6.01. The van der Waals surface area contributed by atoms with Crippen LogP contribution in [-0.4, -0.2) is 52.1 Å². The first kappa shape index (κ1) is 17.9. The summed E-state index contributed by atoms with van der Waals surface area (Å²) in [6, 6.07) is 6.19. The van der Waals surface area contributed by atoms with Crippen molar-refractivity contribution in [2.75, 3.05) is 32.8 Å². The van der Waals surface area contributed by atoms with E-state index in [-0.39, 0.29) is 10.8 Å². The van der Waals surface area contributed by atoms with Crippen molar-refractivity contribution >= 4 is 15.9 Å². The average molecular weight is 340 g/mol. The molecule has 1 heterocycles. The van der Waals surface area contributed by atoms with Gasteiger partial charge in [-0.2, -0.15) is 0 Å². The van der Waals surface area contributed by atoms with Gasteiger partial charge >= 0.3 is 0 Å². The molecule has 0 spiro atoms. The van der Waals surface area contributed by atoms with E-state index in [4.69, 9.17) is 4.74 Å². The first-order chi connectivity index (χ1) is 10.9. The van der Waals surface area contributed by atoms with Gasteiger partial charge < -0.3 is 9.64 Å². The van der Waals surface area contributed by atoms with E-state index in [9.17, 15) is 13.2 Å². The van der Waals surface area contributed by atoms with Gasteiger partial charge in [-0.25, -0.2) is 13.1 Å². The molecule has 0 unspecified atom stereocenters. The highest BCUT2D eigenvalue weighted by Gasteiger charge is 2.21. The highest BCUT2D eigenvalue weighted by Crippen LogP contribution is 2.14. The largest absolute Gasteiger partial charge is 0.378 e. The van der Waals surface area contributed by atoms with Gasteiger partial charge in [-0.15, -0.1) is 0 Å². The highest BCUT2D eigenvalue weighted by molar-refractivity contribution is 7.89. The number of nitrogens with one attached hydrogen (secondary N) is 1. The maximum Gasteiger partial charge on any atom is 0.254 e. The van der Waals surface area contributed by atoms with Crippen LogP contribution in [0.3, 0.4) is 0 Å². The number of hydrogen-bond donors (Lipinski definition) is 1. The number of carbonyl (C=O) groups is 1. The molecule has 7 heteroatoms. The molecular formula is C16H24N2O4S. The van der Waals surface area contributed by atoms with Crippen molar-refractivity contribution in [2.45, 2.75) is 25.2 Å². The monoisotopic (exact) mass is 340 g/mol. The molecular weight excluding hydrogens is 316 g/mol. The molecule has 1 saturated heterocycles. The first-order valence-corrected chi connectivity index (χ1v) is 9.35. The average Bonchev–Trinajstić information content (AvgIpc) is 2.54. The van der Waals surface area contributed by atoms with E-state index in [0.29, 0.717) is 44.3 Å². The minimum Gasteiger partial charge on any atom is -0.378 e. The highest BCUT2D eigenvalue weighted by atomic mass is 32.2.